The van der Waals surface area contributed by atoms with E-state index >= 15 is 0 Å². The number of esters is 1. The SMILES string of the molecule is COC(=O)c1ccc(Nc2nn([C@H]3CCCC[C@@H]3C)cc2C(N)=O)cc1B1OC(C)(C)C(C)(C)O1. The molecule has 0 radical (unpaired) electrons. The van der Waals surface area contributed by atoms with Crippen molar-refractivity contribution in [1.29, 1.82) is 0 Å². The molecule has 0 bridgehead atoms. The number of benzene rings is 1. The van der Waals surface area contributed by atoms with E-state index in [0.717, 1.165) is 19.3 Å². The zero-order chi connectivity index (χ0) is 25.5. The second-order valence-electron chi connectivity index (χ2n) is 10.6. The summed E-state index contributed by atoms with van der Waals surface area (Å²) in [4.78, 5) is 24.7. The lowest BCUT2D eigenvalue weighted by atomic mass is 9.75. The number of nitrogens with one attached hydrogen (secondary N) is 1. The van der Waals surface area contributed by atoms with Crippen molar-refractivity contribution in [3.63, 3.8) is 0 Å². The van der Waals surface area contributed by atoms with Crippen LogP contribution in [0.15, 0.2) is 24.4 Å². The highest BCUT2D eigenvalue weighted by Crippen LogP contribution is 2.37. The molecule has 1 amide bonds. The normalized spacial score (nSPS) is 23.2. The summed E-state index contributed by atoms with van der Waals surface area (Å²) >= 11 is 0. The van der Waals surface area contributed by atoms with Crippen molar-refractivity contribution >= 4 is 36.0 Å². The molecule has 1 aliphatic carbocycles. The van der Waals surface area contributed by atoms with Crippen LogP contribution in [-0.2, 0) is 14.0 Å². The lowest BCUT2D eigenvalue weighted by Gasteiger charge is -2.32. The van der Waals surface area contributed by atoms with Crippen LogP contribution >= 0.6 is 0 Å². The number of rotatable bonds is 6. The number of carbonyl (C=O) groups excluding carboxylic acids is 2. The van der Waals surface area contributed by atoms with Gasteiger partial charge in [0.05, 0.1) is 29.9 Å². The maximum absolute atomic E-state index is 12.5. The van der Waals surface area contributed by atoms with Gasteiger partial charge in [-0.25, -0.2) is 4.79 Å². The average Bonchev–Trinajstić information content (AvgIpc) is 3.30. The van der Waals surface area contributed by atoms with Crippen LogP contribution in [0.25, 0.3) is 0 Å². The van der Waals surface area contributed by atoms with Crippen LogP contribution < -0.4 is 16.5 Å². The summed E-state index contributed by atoms with van der Waals surface area (Å²) in [6.45, 7) is 10.0. The van der Waals surface area contributed by atoms with Gasteiger partial charge < -0.3 is 25.1 Å². The summed E-state index contributed by atoms with van der Waals surface area (Å²) in [7, 11) is 0.563. The lowest BCUT2D eigenvalue weighted by Crippen LogP contribution is -2.41. The van der Waals surface area contributed by atoms with Crippen LogP contribution in [0.3, 0.4) is 0 Å². The fraction of sp³-hybridized carbons (Fsp3) is 0.560. The second kappa shape index (κ2) is 9.31. The first kappa shape index (κ1) is 25.3. The van der Waals surface area contributed by atoms with E-state index in [-0.39, 0.29) is 6.04 Å². The predicted molar refractivity (Wildman–Crippen MR) is 134 cm³/mol. The lowest BCUT2D eigenvalue weighted by molar-refractivity contribution is 0.00578. The highest BCUT2D eigenvalue weighted by molar-refractivity contribution is 6.63. The molecule has 0 spiro atoms. The number of hydrogen-bond acceptors (Lipinski definition) is 7. The third kappa shape index (κ3) is 4.82. The molecule has 1 aromatic carbocycles. The van der Waals surface area contributed by atoms with Crippen molar-refractivity contribution in [3.05, 3.63) is 35.5 Å². The summed E-state index contributed by atoms with van der Waals surface area (Å²) in [5.74, 6) is -0.207. The van der Waals surface area contributed by atoms with Gasteiger partial charge in [-0.15, -0.1) is 0 Å². The molecule has 1 saturated carbocycles. The van der Waals surface area contributed by atoms with E-state index in [2.05, 4.69) is 12.2 Å². The van der Waals surface area contributed by atoms with E-state index in [1.54, 1.807) is 24.4 Å². The van der Waals surface area contributed by atoms with Crippen molar-refractivity contribution < 1.29 is 23.6 Å². The van der Waals surface area contributed by atoms with Crippen LogP contribution in [0.1, 0.15) is 87.1 Å². The third-order valence-corrected chi connectivity index (χ3v) is 7.63. The van der Waals surface area contributed by atoms with Gasteiger partial charge in [0.15, 0.2) is 5.82 Å². The molecule has 2 heterocycles. The monoisotopic (exact) mass is 482 g/mol. The zero-order valence-electron chi connectivity index (χ0n) is 21.4. The molecule has 35 heavy (non-hydrogen) atoms. The van der Waals surface area contributed by atoms with Crippen molar-refractivity contribution in [2.24, 2.45) is 11.7 Å². The van der Waals surface area contributed by atoms with Gasteiger partial charge in [-0.05, 0) is 70.1 Å². The minimum Gasteiger partial charge on any atom is -0.465 e. The van der Waals surface area contributed by atoms with Gasteiger partial charge in [0, 0.05) is 11.9 Å². The number of primary amides is 1. The van der Waals surface area contributed by atoms with E-state index in [1.165, 1.54) is 13.5 Å². The molecule has 2 aromatic rings. The fourth-order valence-corrected chi connectivity index (χ4v) is 4.76. The second-order valence-corrected chi connectivity index (χ2v) is 10.6. The van der Waals surface area contributed by atoms with Gasteiger partial charge in [0.25, 0.3) is 5.91 Å². The number of methoxy groups -OCH3 is 1. The summed E-state index contributed by atoms with van der Waals surface area (Å²) < 4.78 is 19.2. The third-order valence-electron chi connectivity index (χ3n) is 7.63. The topological polar surface area (TPSA) is 118 Å². The largest absolute Gasteiger partial charge is 0.495 e. The number of carbonyl (C=O) groups is 2. The Morgan fingerprint density at radius 3 is 2.40 bits per heavy atom. The Hall–Kier alpha value is -2.85. The maximum Gasteiger partial charge on any atom is 0.495 e. The number of nitrogens with two attached hydrogens (primary N) is 1. The van der Waals surface area contributed by atoms with E-state index in [9.17, 15) is 9.59 Å². The summed E-state index contributed by atoms with van der Waals surface area (Å²) in [6, 6.07) is 5.37. The number of amides is 1. The van der Waals surface area contributed by atoms with Gasteiger partial charge in [-0.2, -0.15) is 5.10 Å². The Morgan fingerprint density at radius 2 is 1.80 bits per heavy atom. The Labute approximate surface area is 206 Å². The summed E-state index contributed by atoms with van der Waals surface area (Å²) in [5.41, 5.74) is 6.33. The molecule has 188 valence electrons. The minimum atomic E-state index is -0.771. The van der Waals surface area contributed by atoms with Crippen LogP contribution in [0, 0.1) is 5.92 Å². The highest BCUT2D eigenvalue weighted by Gasteiger charge is 2.52. The molecular formula is C25H35BN4O5. The van der Waals surface area contributed by atoms with Crippen LogP contribution in [0.5, 0.6) is 0 Å². The number of aromatic nitrogens is 2. The fourth-order valence-electron chi connectivity index (χ4n) is 4.76. The van der Waals surface area contributed by atoms with E-state index in [4.69, 9.17) is 24.9 Å². The minimum absolute atomic E-state index is 0.222. The Kier molecular flexibility index (Phi) is 6.72. The number of nitrogens with zero attached hydrogens (tertiary/aromatic N) is 2. The molecule has 2 atom stereocenters. The van der Waals surface area contributed by atoms with E-state index in [0.29, 0.717) is 34.0 Å². The number of ether oxygens (including phenoxy) is 1. The molecule has 9 nitrogen and oxygen atoms in total. The molecule has 10 heteroatoms. The molecule has 1 saturated heterocycles. The summed E-state index contributed by atoms with van der Waals surface area (Å²) in [6.07, 6.45) is 6.22. The van der Waals surface area contributed by atoms with Gasteiger partial charge in [-0.1, -0.05) is 19.8 Å². The van der Waals surface area contributed by atoms with Crippen molar-refractivity contribution in [1.82, 2.24) is 9.78 Å². The smallest absolute Gasteiger partial charge is 0.465 e. The zero-order valence-corrected chi connectivity index (χ0v) is 21.4. The first-order valence-corrected chi connectivity index (χ1v) is 12.2. The molecular weight excluding hydrogens is 447 g/mol. The molecule has 1 aromatic heterocycles. The number of anilines is 2. The predicted octanol–water partition coefficient (Wildman–Crippen LogP) is 3.56. The van der Waals surface area contributed by atoms with Gasteiger partial charge in [0.1, 0.15) is 5.56 Å². The van der Waals surface area contributed by atoms with Crippen LogP contribution in [0.2, 0.25) is 0 Å². The highest BCUT2D eigenvalue weighted by atomic mass is 16.7. The molecule has 4 rings (SSSR count). The maximum atomic E-state index is 12.5. The molecule has 1 aliphatic heterocycles. The Balaban J connectivity index is 1.69. The van der Waals surface area contributed by atoms with Crippen molar-refractivity contribution in [3.8, 4) is 0 Å². The van der Waals surface area contributed by atoms with Crippen LogP contribution in [-0.4, -0.2) is 47.1 Å². The molecule has 3 N–H and O–H groups in total. The van der Waals surface area contributed by atoms with Gasteiger partial charge in [-0.3, -0.25) is 9.48 Å². The standard InChI is InChI=1S/C25H35BN4O5/c1-15-9-7-8-10-20(15)30-14-18(21(27)31)22(29-30)28-16-11-12-17(23(32)33-6)19(13-16)26-34-24(2,3)25(4,5)35-26/h11-15,20H,7-10H2,1-6H3,(H2,27,31)(H,28,29)/t15-,20-/m0/s1. The summed E-state index contributed by atoms with van der Waals surface area (Å²) in [5, 5.41) is 7.92. The van der Waals surface area contributed by atoms with E-state index < -0.39 is 30.2 Å². The average molecular weight is 482 g/mol. The van der Waals surface area contributed by atoms with Gasteiger partial charge in [0.2, 0.25) is 0 Å². The molecule has 2 aliphatic rings. The van der Waals surface area contributed by atoms with Crippen molar-refractivity contribution in [2.45, 2.75) is 77.5 Å². The molecule has 0 unspecified atom stereocenters. The first-order chi connectivity index (χ1) is 16.4. The Morgan fingerprint density at radius 1 is 1.14 bits per heavy atom. The molecule has 2 fully saturated rings. The first-order valence-electron chi connectivity index (χ1n) is 12.2. The van der Waals surface area contributed by atoms with Gasteiger partial charge >= 0.3 is 13.1 Å². The quantitative estimate of drug-likeness (QED) is 0.478. The number of hydrogen-bond donors (Lipinski definition) is 2. The van der Waals surface area contributed by atoms with E-state index in [1.807, 2.05) is 32.4 Å². The van der Waals surface area contributed by atoms with Crippen LogP contribution in [0.4, 0.5) is 11.5 Å². The Bertz CT molecular complexity index is 1110. The van der Waals surface area contributed by atoms with Crippen molar-refractivity contribution in [2.75, 3.05) is 12.4 Å².